The minimum Gasteiger partial charge on any atom is -0.481 e. The molecule has 0 spiro atoms. The van der Waals surface area contributed by atoms with Crippen LogP contribution in [0.2, 0.25) is 0 Å². The van der Waals surface area contributed by atoms with Crippen molar-refractivity contribution < 1.29 is 14.7 Å². The van der Waals surface area contributed by atoms with Crippen LogP contribution in [0.5, 0.6) is 0 Å². The Hall–Kier alpha value is -2.12. The summed E-state index contributed by atoms with van der Waals surface area (Å²) in [5, 5.41) is 19.7. The number of carboxylic acid groups (broad SMARTS) is 1. The minimum absolute atomic E-state index is 0.199. The van der Waals surface area contributed by atoms with Crippen LogP contribution in [0.4, 0.5) is 4.79 Å². The summed E-state index contributed by atoms with van der Waals surface area (Å²) >= 11 is 0. The Morgan fingerprint density at radius 3 is 2.85 bits per heavy atom. The molecule has 3 rings (SSSR count). The molecule has 1 aliphatic heterocycles. The van der Waals surface area contributed by atoms with E-state index in [2.05, 4.69) is 15.5 Å². The molecule has 8 nitrogen and oxygen atoms in total. The number of carbonyl (C=O) groups excluding carboxylic acids is 1. The van der Waals surface area contributed by atoms with Crippen LogP contribution >= 0.6 is 0 Å². The normalized spacial score (nSPS) is 19.9. The zero-order valence-electron chi connectivity index (χ0n) is 11.1. The summed E-state index contributed by atoms with van der Waals surface area (Å²) in [5.41, 5.74) is -0.758. The van der Waals surface area contributed by atoms with Crippen LogP contribution in [0.25, 0.3) is 0 Å². The van der Waals surface area contributed by atoms with E-state index in [0.717, 1.165) is 12.2 Å². The van der Waals surface area contributed by atoms with Gasteiger partial charge >= 0.3 is 12.0 Å². The summed E-state index contributed by atoms with van der Waals surface area (Å²) in [4.78, 5) is 25.0. The number of aliphatic carboxylic acids is 1. The van der Waals surface area contributed by atoms with Crippen LogP contribution in [-0.4, -0.2) is 49.9 Å². The average molecular weight is 279 g/mol. The number of carboxylic acids is 1. The van der Waals surface area contributed by atoms with Gasteiger partial charge in [0.1, 0.15) is 6.33 Å². The number of amides is 2. The fourth-order valence-corrected chi connectivity index (χ4v) is 2.67. The quantitative estimate of drug-likeness (QED) is 0.814. The highest BCUT2D eigenvalue weighted by Gasteiger charge is 2.44. The highest BCUT2D eigenvalue weighted by molar-refractivity contribution is 5.79. The molecule has 0 radical (unpaired) electrons. The Labute approximate surface area is 115 Å². The summed E-state index contributed by atoms with van der Waals surface area (Å²) in [7, 11) is 0. The summed E-state index contributed by atoms with van der Waals surface area (Å²) in [6, 6.07) is -0.230. The van der Waals surface area contributed by atoms with Crippen molar-refractivity contribution >= 4 is 12.0 Å². The van der Waals surface area contributed by atoms with Crippen LogP contribution in [0.1, 0.15) is 25.1 Å². The van der Waals surface area contributed by atoms with Gasteiger partial charge in [-0.2, -0.15) is 0 Å². The van der Waals surface area contributed by atoms with Gasteiger partial charge in [-0.1, -0.05) is 6.42 Å². The smallest absolute Gasteiger partial charge is 0.317 e. The standard InChI is InChI=1S/C12H17N5O3/c18-10(19)12(2-1-3-12)7-13-11(20)16-4-5-17-8-14-15-9(17)6-16/h8H,1-7H2,(H,13,20)(H,18,19). The number of urea groups is 1. The molecule has 0 aromatic carbocycles. The third-order valence-corrected chi connectivity index (χ3v) is 4.27. The van der Waals surface area contributed by atoms with Gasteiger partial charge in [-0.25, -0.2) is 4.79 Å². The summed E-state index contributed by atoms with van der Waals surface area (Å²) < 4.78 is 1.91. The average Bonchev–Trinajstić information content (AvgIpc) is 2.83. The van der Waals surface area contributed by atoms with Gasteiger partial charge in [0, 0.05) is 19.6 Å². The number of nitrogens with zero attached hydrogens (tertiary/aromatic N) is 4. The molecule has 8 heteroatoms. The van der Waals surface area contributed by atoms with Gasteiger partial charge in [0.25, 0.3) is 0 Å². The molecule has 2 heterocycles. The van der Waals surface area contributed by atoms with Crippen LogP contribution < -0.4 is 5.32 Å². The maximum Gasteiger partial charge on any atom is 0.317 e. The first-order chi connectivity index (χ1) is 9.61. The first-order valence-corrected chi connectivity index (χ1v) is 6.74. The number of aromatic nitrogens is 3. The number of hydrogen-bond acceptors (Lipinski definition) is 4. The molecule has 1 aromatic rings. The lowest BCUT2D eigenvalue weighted by Gasteiger charge is -2.38. The number of carbonyl (C=O) groups is 2. The van der Waals surface area contributed by atoms with Crippen LogP contribution in [-0.2, 0) is 17.9 Å². The van der Waals surface area contributed by atoms with E-state index < -0.39 is 11.4 Å². The molecule has 2 N–H and O–H groups in total. The van der Waals surface area contributed by atoms with E-state index in [1.54, 1.807) is 11.2 Å². The molecule has 0 saturated heterocycles. The molecule has 0 atom stereocenters. The zero-order valence-corrected chi connectivity index (χ0v) is 11.1. The molecule has 1 fully saturated rings. The lowest BCUT2D eigenvalue weighted by atomic mass is 9.69. The second-order valence-corrected chi connectivity index (χ2v) is 5.46. The lowest BCUT2D eigenvalue weighted by molar-refractivity contribution is -0.153. The van der Waals surface area contributed by atoms with E-state index in [1.807, 2.05) is 4.57 Å². The zero-order chi connectivity index (χ0) is 14.2. The number of fused-ring (bicyclic) bond motifs is 1. The molecule has 2 amide bonds. The SMILES string of the molecule is O=C(NCC1(C(=O)O)CCC1)N1CCn2cnnc2C1. The van der Waals surface area contributed by atoms with E-state index in [1.165, 1.54) is 0 Å². The fraction of sp³-hybridized carbons (Fsp3) is 0.667. The summed E-state index contributed by atoms with van der Waals surface area (Å²) in [5.74, 6) is -0.0644. The Bertz CT molecular complexity index is 537. The third-order valence-electron chi connectivity index (χ3n) is 4.27. The van der Waals surface area contributed by atoms with Crippen molar-refractivity contribution in [2.45, 2.75) is 32.4 Å². The molecule has 108 valence electrons. The Morgan fingerprint density at radius 1 is 1.40 bits per heavy atom. The maximum absolute atomic E-state index is 12.1. The van der Waals surface area contributed by atoms with Crippen molar-refractivity contribution in [2.24, 2.45) is 5.41 Å². The van der Waals surface area contributed by atoms with Crippen LogP contribution in [0, 0.1) is 5.41 Å². The van der Waals surface area contributed by atoms with Gasteiger partial charge in [0.2, 0.25) is 0 Å². The van der Waals surface area contributed by atoms with Gasteiger partial charge in [0.15, 0.2) is 5.82 Å². The van der Waals surface area contributed by atoms with E-state index in [9.17, 15) is 14.7 Å². The van der Waals surface area contributed by atoms with Crippen molar-refractivity contribution in [3.8, 4) is 0 Å². The van der Waals surface area contributed by atoms with Crippen molar-refractivity contribution in [1.82, 2.24) is 25.0 Å². The van der Waals surface area contributed by atoms with Gasteiger partial charge in [-0.3, -0.25) is 4.79 Å². The second-order valence-electron chi connectivity index (χ2n) is 5.46. The van der Waals surface area contributed by atoms with E-state index in [4.69, 9.17) is 0 Å². The molecule has 1 aliphatic carbocycles. The van der Waals surface area contributed by atoms with Crippen LogP contribution in [0.3, 0.4) is 0 Å². The summed E-state index contributed by atoms with van der Waals surface area (Å²) in [6.07, 6.45) is 3.83. The summed E-state index contributed by atoms with van der Waals surface area (Å²) in [6.45, 7) is 1.85. The van der Waals surface area contributed by atoms with Crippen molar-refractivity contribution in [2.75, 3.05) is 13.1 Å². The molecule has 0 unspecified atom stereocenters. The lowest BCUT2D eigenvalue weighted by Crippen LogP contribution is -2.51. The van der Waals surface area contributed by atoms with Gasteiger partial charge in [-0.05, 0) is 12.8 Å². The predicted octanol–water partition coefficient (Wildman–Crippen LogP) is 0.0582. The Kier molecular flexibility index (Phi) is 3.07. The van der Waals surface area contributed by atoms with Crippen molar-refractivity contribution in [3.05, 3.63) is 12.2 Å². The molecule has 0 bridgehead atoms. The van der Waals surface area contributed by atoms with Crippen molar-refractivity contribution in [1.29, 1.82) is 0 Å². The molecule has 1 aromatic heterocycles. The molecule has 2 aliphatic rings. The highest BCUT2D eigenvalue weighted by atomic mass is 16.4. The monoisotopic (exact) mass is 279 g/mol. The fourth-order valence-electron chi connectivity index (χ4n) is 2.67. The van der Waals surface area contributed by atoms with E-state index in [0.29, 0.717) is 32.5 Å². The van der Waals surface area contributed by atoms with E-state index >= 15 is 0 Å². The molecular weight excluding hydrogens is 262 g/mol. The number of rotatable bonds is 3. The highest BCUT2D eigenvalue weighted by Crippen LogP contribution is 2.40. The first-order valence-electron chi connectivity index (χ1n) is 6.74. The van der Waals surface area contributed by atoms with Crippen LogP contribution in [0.15, 0.2) is 6.33 Å². The first kappa shape index (κ1) is 12.9. The number of nitrogens with one attached hydrogen (secondary N) is 1. The Morgan fingerprint density at radius 2 is 2.20 bits per heavy atom. The number of hydrogen-bond donors (Lipinski definition) is 2. The van der Waals surface area contributed by atoms with Gasteiger partial charge in [0.05, 0.1) is 12.0 Å². The molecular formula is C12H17N5O3. The predicted molar refractivity (Wildman–Crippen MR) is 67.8 cm³/mol. The maximum atomic E-state index is 12.1. The van der Waals surface area contributed by atoms with E-state index in [-0.39, 0.29) is 12.6 Å². The van der Waals surface area contributed by atoms with Gasteiger partial charge < -0.3 is 19.9 Å². The Balaban J connectivity index is 1.57. The topological polar surface area (TPSA) is 100 Å². The second kappa shape index (κ2) is 4.77. The molecule has 20 heavy (non-hydrogen) atoms. The molecule has 1 saturated carbocycles. The van der Waals surface area contributed by atoms with Gasteiger partial charge in [-0.15, -0.1) is 10.2 Å². The largest absolute Gasteiger partial charge is 0.481 e. The van der Waals surface area contributed by atoms with Crippen molar-refractivity contribution in [3.63, 3.8) is 0 Å². The minimum atomic E-state index is -0.817. The third kappa shape index (κ3) is 2.10.